The molecule has 0 saturated heterocycles. The summed E-state index contributed by atoms with van der Waals surface area (Å²) in [7, 11) is 0. The number of nitrogens with two attached hydrogens (primary N) is 1. The molecule has 0 radical (unpaired) electrons. The van der Waals surface area contributed by atoms with Gasteiger partial charge in [0.2, 0.25) is 0 Å². The molecule has 0 aromatic carbocycles. The van der Waals surface area contributed by atoms with Crippen molar-refractivity contribution in [2.45, 2.75) is 46.3 Å². The highest BCUT2D eigenvalue weighted by atomic mass is 35.5. The number of aromatic nitrogens is 2. The van der Waals surface area contributed by atoms with Crippen LogP contribution in [0.3, 0.4) is 0 Å². The van der Waals surface area contributed by atoms with E-state index in [2.05, 4.69) is 15.0 Å². The predicted octanol–water partition coefficient (Wildman–Crippen LogP) is 4.69. The zero-order valence-electron chi connectivity index (χ0n) is 20.6. The van der Waals surface area contributed by atoms with Crippen molar-refractivity contribution in [3.63, 3.8) is 0 Å². The van der Waals surface area contributed by atoms with Crippen LogP contribution in [0.1, 0.15) is 38.4 Å². The van der Waals surface area contributed by atoms with E-state index in [4.69, 9.17) is 22.1 Å². The van der Waals surface area contributed by atoms with Crippen LogP contribution in [0.5, 0.6) is 0 Å². The fourth-order valence-electron chi connectivity index (χ4n) is 3.53. The lowest BCUT2D eigenvalue weighted by Gasteiger charge is -2.41. The molecule has 3 N–H and O–H groups in total. The van der Waals surface area contributed by atoms with E-state index in [9.17, 15) is 23.9 Å². The van der Waals surface area contributed by atoms with Crippen LogP contribution in [0.25, 0.3) is 0 Å². The number of aliphatic hydroxyl groups is 1. The minimum Gasteiger partial charge on any atom is -0.614 e. The number of hydroxylamine groups is 2. The molecular formula is C25H26ClF2N5O4. The zero-order chi connectivity index (χ0) is 27.5. The van der Waals surface area contributed by atoms with E-state index < -0.39 is 39.4 Å². The largest absolute Gasteiger partial charge is 0.614 e. The van der Waals surface area contributed by atoms with Gasteiger partial charge in [0.15, 0.2) is 28.1 Å². The number of pyridine rings is 2. The Balaban J connectivity index is 1.87. The maximum atomic E-state index is 13.9. The molecule has 1 aliphatic heterocycles. The lowest BCUT2D eigenvalue weighted by atomic mass is 10.0. The molecule has 37 heavy (non-hydrogen) atoms. The smallest absolute Gasteiger partial charge is 0.370 e. The van der Waals surface area contributed by atoms with E-state index >= 15 is 0 Å². The fraction of sp³-hybridized carbons (Fsp3) is 0.280. The van der Waals surface area contributed by atoms with E-state index in [-0.39, 0.29) is 35.1 Å². The van der Waals surface area contributed by atoms with E-state index in [1.165, 1.54) is 37.6 Å². The summed E-state index contributed by atoms with van der Waals surface area (Å²) >= 11 is 6.21. The molecule has 0 fully saturated rings. The first-order valence-corrected chi connectivity index (χ1v) is 11.4. The Morgan fingerprint density at radius 1 is 1.30 bits per heavy atom. The second-order valence-corrected chi connectivity index (χ2v) is 9.47. The molecule has 9 nitrogen and oxygen atoms in total. The monoisotopic (exact) mass is 533 g/mol. The summed E-state index contributed by atoms with van der Waals surface area (Å²) in [4.78, 5) is 25.1. The van der Waals surface area contributed by atoms with Crippen molar-refractivity contribution in [1.82, 2.24) is 14.6 Å². The Morgan fingerprint density at radius 3 is 2.65 bits per heavy atom. The number of halogens is 3. The van der Waals surface area contributed by atoms with Crippen molar-refractivity contribution in [2.75, 3.05) is 0 Å². The molecule has 3 rings (SSSR count). The number of ether oxygens (including phenoxy) is 1. The number of carbonyl (C=O) groups excluding carboxylic acids is 1. The summed E-state index contributed by atoms with van der Waals surface area (Å²) in [6.07, 6.45) is 6.61. The predicted molar refractivity (Wildman–Crippen MR) is 136 cm³/mol. The topological polar surface area (TPSA) is 134 Å². The van der Waals surface area contributed by atoms with Gasteiger partial charge in [0.25, 0.3) is 0 Å². The van der Waals surface area contributed by atoms with Crippen molar-refractivity contribution in [3.05, 3.63) is 87.0 Å². The van der Waals surface area contributed by atoms with Crippen LogP contribution in [0.15, 0.2) is 63.9 Å². The number of hydrogen-bond donors (Lipinski definition) is 2. The van der Waals surface area contributed by atoms with Crippen LogP contribution >= 0.6 is 11.6 Å². The highest BCUT2D eigenvalue weighted by Crippen LogP contribution is 2.39. The van der Waals surface area contributed by atoms with Crippen molar-refractivity contribution in [2.24, 2.45) is 10.7 Å². The van der Waals surface area contributed by atoms with E-state index in [1.807, 2.05) is 0 Å². The molecular weight excluding hydrogens is 508 g/mol. The molecule has 0 bridgehead atoms. The average Bonchev–Trinajstić information content (AvgIpc) is 2.80. The van der Waals surface area contributed by atoms with Gasteiger partial charge in [-0.3, -0.25) is 4.98 Å². The van der Waals surface area contributed by atoms with Crippen molar-refractivity contribution in [1.29, 1.82) is 0 Å². The minimum atomic E-state index is -1.54. The average molecular weight is 534 g/mol. The van der Waals surface area contributed by atoms with Crippen LogP contribution in [-0.2, 0) is 16.1 Å². The summed E-state index contributed by atoms with van der Waals surface area (Å²) in [5, 5.41) is 23.3. The Labute approximate surface area is 217 Å². The lowest BCUT2D eigenvalue weighted by Crippen LogP contribution is -2.49. The zero-order valence-corrected chi connectivity index (χ0v) is 21.4. The molecule has 1 amide bonds. The molecule has 196 valence electrons. The molecule has 0 spiro atoms. The molecule has 0 saturated carbocycles. The Hall–Kier alpha value is -3.51. The number of hydrogen-bond acceptors (Lipinski definition) is 8. The van der Waals surface area contributed by atoms with Gasteiger partial charge >= 0.3 is 5.91 Å². The van der Waals surface area contributed by atoms with Gasteiger partial charge in [0.05, 0.1) is 11.8 Å². The first kappa shape index (κ1) is 28.1. The standard InChI is InChI=1S/C25H26ClF2N5O4/c1-14-11-32-22(30-6-5-17(29)10-25(3,4)35)9-20(14)33(36)15(2)7-21(23(26)24(33)34)37-13-19-18(28)8-16(27)12-31-19/h5-9,11-12,35H,10,13,29H2,1-4H3/b17-5-,30-6?. The van der Waals surface area contributed by atoms with Gasteiger partial charge in [-0.1, -0.05) is 11.6 Å². The highest BCUT2D eigenvalue weighted by Gasteiger charge is 2.42. The first-order valence-electron chi connectivity index (χ1n) is 11.1. The third-order valence-corrected chi connectivity index (χ3v) is 5.65. The van der Waals surface area contributed by atoms with Crippen LogP contribution in [0, 0.1) is 23.8 Å². The second kappa shape index (κ2) is 10.9. The summed E-state index contributed by atoms with van der Waals surface area (Å²) in [5.41, 5.74) is 5.55. The summed E-state index contributed by atoms with van der Waals surface area (Å²) in [6, 6.07) is 2.01. The van der Waals surface area contributed by atoms with E-state index in [1.54, 1.807) is 20.8 Å². The fourth-order valence-corrected chi connectivity index (χ4v) is 3.76. The number of nitrogens with zero attached hydrogens (tertiary/aromatic N) is 4. The summed E-state index contributed by atoms with van der Waals surface area (Å²) < 4.78 is 30.9. The van der Waals surface area contributed by atoms with Gasteiger partial charge in [-0.15, -0.1) is 0 Å². The normalized spacial score (nSPS) is 19.0. The van der Waals surface area contributed by atoms with Crippen LogP contribution in [0.2, 0.25) is 0 Å². The van der Waals surface area contributed by atoms with Gasteiger partial charge in [0.1, 0.15) is 23.8 Å². The van der Waals surface area contributed by atoms with E-state index in [0.29, 0.717) is 17.3 Å². The van der Waals surface area contributed by atoms with Crippen LogP contribution < -0.4 is 10.4 Å². The Morgan fingerprint density at radius 2 is 2.00 bits per heavy atom. The van der Waals surface area contributed by atoms with Gasteiger partial charge in [-0.05, 0) is 26.8 Å². The van der Waals surface area contributed by atoms with Crippen molar-refractivity contribution in [3.8, 4) is 0 Å². The van der Waals surface area contributed by atoms with Crippen LogP contribution in [-0.4, -0.2) is 32.8 Å². The van der Waals surface area contributed by atoms with Gasteiger partial charge in [0, 0.05) is 55.2 Å². The summed E-state index contributed by atoms with van der Waals surface area (Å²) in [5.74, 6) is -2.80. The maximum Gasteiger partial charge on any atom is 0.370 e. The number of carbonyl (C=O) groups is 1. The van der Waals surface area contributed by atoms with Crippen LogP contribution in [0.4, 0.5) is 20.3 Å². The third kappa shape index (κ3) is 6.44. The number of quaternary nitrogens is 1. The maximum absolute atomic E-state index is 13.9. The first-order chi connectivity index (χ1) is 17.2. The number of allylic oxidation sites excluding steroid dienone is 3. The van der Waals surface area contributed by atoms with Gasteiger partial charge in [-0.25, -0.2) is 28.2 Å². The minimum absolute atomic E-state index is 0.0236. The molecule has 1 unspecified atom stereocenters. The van der Waals surface area contributed by atoms with Crippen molar-refractivity contribution >= 4 is 35.2 Å². The quantitative estimate of drug-likeness (QED) is 0.286. The van der Waals surface area contributed by atoms with E-state index in [0.717, 1.165) is 6.20 Å². The summed E-state index contributed by atoms with van der Waals surface area (Å²) in [6.45, 7) is 5.84. The Kier molecular flexibility index (Phi) is 8.23. The molecule has 0 aliphatic carbocycles. The van der Waals surface area contributed by atoms with Gasteiger partial charge < -0.3 is 20.8 Å². The second-order valence-electron chi connectivity index (χ2n) is 9.09. The number of rotatable bonds is 8. The molecule has 12 heteroatoms. The number of amides is 1. The highest BCUT2D eigenvalue weighted by molar-refractivity contribution is 6.44. The number of aliphatic imine (C=N–C) groups is 1. The Bertz CT molecular complexity index is 1350. The number of aryl methyl sites for hydroxylation is 1. The van der Waals surface area contributed by atoms with Crippen molar-refractivity contribution < 1.29 is 23.4 Å². The molecule has 1 aliphatic rings. The molecule has 1 atom stereocenters. The van der Waals surface area contributed by atoms with Gasteiger partial charge in [-0.2, -0.15) is 0 Å². The molecule has 2 aromatic heterocycles. The lowest BCUT2D eigenvalue weighted by molar-refractivity contribution is -0.122. The molecule has 3 heterocycles. The molecule has 2 aromatic rings. The SMILES string of the molecule is CC1=CC(OCc2ncc(F)cc2F)=C(Cl)C(=O)[N+]1([O-])c1cc(N=C/C=C(\N)CC(C)(C)O)ncc1C. The third-order valence-electron chi connectivity index (χ3n) is 5.31.